The molecule has 32 heavy (non-hydrogen) atoms. The van der Waals surface area contributed by atoms with Gasteiger partial charge >= 0.3 is 0 Å². The smallest absolute Gasteiger partial charge is 0.240 e. The molecule has 0 aliphatic rings. The minimum absolute atomic E-state index is 0.0961. The fourth-order valence-electron chi connectivity index (χ4n) is 3.81. The van der Waals surface area contributed by atoms with Crippen LogP contribution in [0.1, 0.15) is 30.0 Å². The first-order valence-electron chi connectivity index (χ1n) is 10.3. The minimum Gasteiger partial charge on any atom is -0.492 e. The molecule has 0 aliphatic carbocycles. The molecule has 3 N–H and O–H groups in total. The van der Waals surface area contributed by atoms with E-state index in [2.05, 4.69) is 10.2 Å². The number of nitrogens with two attached hydrogens (primary N) is 1. The van der Waals surface area contributed by atoms with Crippen LogP contribution >= 0.6 is 0 Å². The van der Waals surface area contributed by atoms with Crippen molar-refractivity contribution in [2.45, 2.75) is 13.3 Å². The number of hydrogen-bond donors (Lipinski definition) is 2. The lowest BCUT2D eigenvalue weighted by Crippen LogP contribution is -2.10. The Morgan fingerprint density at radius 2 is 1.66 bits per heavy atom. The average Bonchev–Trinajstić information content (AvgIpc) is 3.17. The predicted octanol–water partition coefficient (Wildman–Crippen LogP) is 5.69. The van der Waals surface area contributed by atoms with Crippen LogP contribution in [0.5, 0.6) is 5.75 Å². The van der Waals surface area contributed by atoms with Crippen LogP contribution in [-0.2, 0) is 0 Å². The number of aromatic nitrogens is 2. The third-order valence-corrected chi connectivity index (χ3v) is 5.25. The molecule has 4 aromatic rings. The van der Waals surface area contributed by atoms with Gasteiger partial charge in [-0.15, -0.1) is 5.10 Å². The molecule has 0 amide bonds. The van der Waals surface area contributed by atoms with Gasteiger partial charge in [-0.1, -0.05) is 31.2 Å². The van der Waals surface area contributed by atoms with Crippen molar-refractivity contribution in [2.75, 3.05) is 13.2 Å². The number of aromatic amines is 1. The topological polar surface area (TPSA) is 63.9 Å². The van der Waals surface area contributed by atoms with Crippen molar-refractivity contribution in [1.29, 1.82) is 0 Å². The van der Waals surface area contributed by atoms with Gasteiger partial charge in [-0.25, -0.2) is 8.78 Å². The Kier molecular flexibility index (Phi) is 6.28. The maximum absolute atomic E-state index is 14.8. The Hall–Kier alpha value is -3.58. The van der Waals surface area contributed by atoms with E-state index >= 15 is 0 Å². The van der Waals surface area contributed by atoms with Crippen molar-refractivity contribution in [3.8, 4) is 5.75 Å². The Morgan fingerprint density at radius 1 is 0.969 bits per heavy atom. The molecule has 0 saturated carbocycles. The highest BCUT2D eigenvalue weighted by molar-refractivity contribution is 6.00. The molecule has 0 fully saturated rings. The predicted molar refractivity (Wildman–Crippen MR) is 120 cm³/mol. The van der Waals surface area contributed by atoms with E-state index in [1.54, 1.807) is 30.3 Å². The molecule has 0 atom stereocenters. The van der Waals surface area contributed by atoms with Gasteiger partial charge in [0.15, 0.2) is 0 Å². The normalized spacial score (nSPS) is 12.2. The van der Waals surface area contributed by atoms with E-state index in [0.29, 0.717) is 58.5 Å². The molecule has 0 unspecified atom stereocenters. The van der Waals surface area contributed by atoms with Crippen LogP contribution in [0.15, 0.2) is 60.7 Å². The third kappa shape index (κ3) is 4.11. The first-order chi connectivity index (χ1) is 15.5. The summed E-state index contributed by atoms with van der Waals surface area (Å²) in [6, 6.07) is 16.1. The highest BCUT2D eigenvalue weighted by Crippen LogP contribution is 2.38. The lowest BCUT2D eigenvalue weighted by atomic mass is 9.87. The van der Waals surface area contributed by atoms with Crippen molar-refractivity contribution < 1.29 is 17.9 Å². The second-order valence-corrected chi connectivity index (χ2v) is 7.24. The molecule has 4 nitrogen and oxygen atoms in total. The van der Waals surface area contributed by atoms with Crippen LogP contribution in [0.2, 0.25) is 0 Å². The second kappa shape index (κ2) is 9.28. The molecule has 164 valence electrons. The summed E-state index contributed by atoms with van der Waals surface area (Å²) in [7, 11) is 0. The van der Waals surface area contributed by atoms with Gasteiger partial charge in [0.05, 0.1) is 10.9 Å². The van der Waals surface area contributed by atoms with Crippen LogP contribution in [0, 0.1) is 17.6 Å². The fourth-order valence-corrected chi connectivity index (χ4v) is 3.81. The third-order valence-electron chi connectivity index (χ3n) is 5.25. The van der Waals surface area contributed by atoms with Crippen LogP contribution in [0.25, 0.3) is 22.0 Å². The maximum atomic E-state index is 14.8. The average molecular weight is 437 g/mol. The highest BCUT2D eigenvalue weighted by Gasteiger charge is 2.20. The summed E-state index contributed by atoms with van der Waals surface area (Å²) in [6.07, 6.45) is 0.352. The number of benzene rings is 3. The number of H-pyrrole nitrogens is 1. The molecule has 0 spiro atoms. The molecule has 7 heteroatoms. The summed E-state index contributed by atoms with van der Waals surface area (Å²) in [4.78, 5) is 0. The number of halogens is 3. The van der Waals surface area contributed by atoms with E-state index in [4.69, 9.17) is 10.5 Å². The van der Waals surface area contributed by atoms with Crippen molar-refractivity contribution in [1.82, 2.24) is 10.2 Å². The maximum Gasteiger partial charge on any atom is 0.240 e. The zero-order valence-corrected chi connectivity index (χ0v) is 17.5. The summed E-state index contributed by atoms with van der Waals surface area (Å²) in [5.41, 5.74) is 8.33. The number of rotatable bonds is 7. The van der Waals surface area contributed by atoms with E-state index in [9.17, 15) is 13.2 Å². The summed E-state index contributed by atoms with van der Waals surface area (Å²) < 4.78 is 49.3. The lowest BCUT2D eigenvalue weighted by Gasteiger charge is -2.18. The standard InChI is InChI=1S/C25H22F3N3O/c1-2-18(24-20(26)4-3-5-21(24)27)23(15-6-9-17(10-7-15)32-13-12-29)16-8-11-22-19(14-16)25(28)31-30-22/h3-11,14H,2,12-13,29H2,1H3,(H,30,31)/b23-18+. The van der Waals surface area contributed by atoms with Crippen LogP contribution in [-0.4, -0.2) is 23.3 Å². The monoisotopic (exact) mass is 437 g/mol. The van der Waals surface area contributed by atoms with Gasteiger partial charge < -0.3 is 10.5 Å². The lowest BCUT2D eigenvalue weighted by molar-refractivity contribution is 0.328. The van der Waals surface area contributed by atoms with Crippen LogP contribution in [0.4, 0.5) is 13.2 Å². The Balaban J connectivity index is 1.97. The van der Waals surface area contributed by atoms with Crippen LogP contribution < -0.4 is 10.5 Å². The summed E-state index contributed by atoms with van der Waals surface area (Å²) in [6.45, 7) is 2.59. The number of hydrogen-bond acceptors (Lipinski definition) is 3. The van der Waals surface area contributed by atoms with Crippen LogP contribution in [0.3, 0.4) is 0 Å². The molecule has 0 aliphatic heterocycles. The van der Waals surface area contributed by atoms with Gasteiger partial charge in [0, 0.05) is 12.1 Å². The van der Waals surface area contributed by atoms with E-state index in [1.165, 1.54) is 18.2 Å². The number of ether oxygens (including phenoxy) is 1. The van der Waals surface area contributed by atoms with Crippen molar-refractivity contribution in [3.05, 3.63) is 94.9 Å². The zero-order valence-electron chi connectivity index (χ0n) is 17.5. The van der Waals surface area contributed by atoms with Gasteiger partial charge in [0.1, 0.15) is 24.0 Å². The Bertz CT molecular complexity index is 1260. The number of allylic oxidation sites excluding steroid dienone is 1. The molecular weight excluding hydrogens is 415 g/mol. The molecule has 0 radical (unpaired) electrons. The van der Waals surface area contributed by atoms with Crippen molar-refractivity contribution in [3.63, 3.8) is 0 Å². The second-order valence-electron chi connectivity index (χ2n) is 7.24. The fraction of sp³-hybridized carbons (Fsp3) is 0.160. The molecule has 3 aromatic carbocycles. The summed E-state index contributed by atoms with van der Waals surface area (Å²) >= 11 is 0. The van der Waals surface area contributed by atoms with Gasteiger partial charge in [0.25, 0.3) is 0 Å². The summed E-state index contributed by atoms with van der Waals surface area (Å²) in [5, 5.41) is 6.53. The highest BCUT2D eigenvalue weighted by atomic mass is 19.1. The van der Waals surface area contributed by atoms with Gasteiger partial charge in [-0.2, -0.15) is 4.39 Å². The van der Waals surface area contributed by atoms with Gasteiger partial charge in [0.2, 0.25) is 5.95 Å². The SMILES string of the molecule is CC/C(=C(/c1ccc(OCCN)cc1)c1ccc2[nH]nc(F)c2c1)c1c(F)cccc1F. The van der Waals surface area contributed by atoms with E-state index < -0.39 is 17.6 Å². The molecular formula is C25H22F3N3O. The molecule has 0 saturated heterocycles. The minimum atomic E-state index is -0.655. The van der Waals surface area contributed by atoms with Crippen molar-refractivity contribution >= 4 is 22.0 Å². The first kappa shape index (κ1) is 21.6. The molecule has 4 rings (SSSR count). The summed E-state index contributed by atoms with van der Waals surface area (Å²) in [5.74, 6) is -1.32. The van der Waals surface area contributed by atoms with E-state index in [-0.39, 0.29) is 5.56 Å². The molecule has 1 heterocycles. The number of nitrogens with one attached hydrogen (secondary N) is 1. The Morgan fingerprint density at radius 3 is 2.31 bits per heavy atom. The molecule has 0 bridgehead atoms. The first-order valence-corrected chi connectivity index (χ1v) is 10.3. The van der Waals surface area contributed by atoms with E-state index in [0.717, 1.165) is 0 Å². The van der Waals surface area contributed by atoms with E-state index in [1.807, 2.05) is 19.1 Å². The Labute approximate surface area is 183 Å². The number of nitrogens with zero attached hydrogens (tertiary/aromatic N) is 1. The van der Waals surface area contributed by atoms with Gasteiger partial charge in [-0.05, 0) is 65.1 Å². The molecule has 1 aromatic heterocycles. The zero-order chi connectivity index (χ0) is 22.7. The van der Waals surface area contributed by atoms with Gasteiger partial charge in [-0.3, -0.25) is 5.10 Å². The quantitative estimate of drug-likeness (QED) is 0.365. The number of fused-ring (bicyclic) bond motifs is 1. The largest absolute Gasteiger partial charge is 0.492 e. The van der Waals surface area contributed by atoms with Crippen molar-refractivity contribution in [2.24, 2.45) is 5.73 Å².